The number of amides is 2. The summed E-state index contributed by atoms with van der Waals surface area (Å²) in [5, 5.41) is 7.17. The topological polar surface area (TPSA) is 56.9 Å². The average Bonchev–Trinajstić information content (AvgIpc) is 3.16. The van der Waals surface area contributed by atoms with Crippen molar-refractivity contribution in [2.75, 3.05) is 11.9 Å². The highest BCUT2D eigenvalue weighted by molar-refractivity contribution is 5.89. The van der Waals surface area contributed by atoms with Crippen LogP contribution in [0.1, 0.15) is 28.2 Å². The molecule has 0 saturated carbocycles. The van der Waals surface area contributed by atoms with Crippen molar-refractivity contribution in [1.82, 2.24) is 10.3 Å². The summed E-state index contributed by atoms with van der Waals surface area (Å²) in [6.07, 6.45) is 2.05. The number of aromatic nitrogens is 1. The molecule has 2 amide bonds. The van der Waals surface area contributed by atoms with Gasteiger partial charge in [0.05, 0.1) is 0 Å². The number of rotatable bonds is 5. The summed E-state index contributed by atoms with van der Waals surface area (Å²) in [7, 11) is 0. The highest BCUT2D eigenvalue weighted by Gasteiger charge is 2.19. The summed E-state index contributed by atoms with van der Waals surface area (Å²) in [6.45, 7) is 4.61. The van der Waals surface area contributed by atoms with Gasteiger partial charge in [0.2, 0.25) is 0 Å². The Morgan fingerprint density at radius 3 is 2.48 bits per heavy atom. The van der Waals surface area contributed by atoms with Crippen molar-refractivity contribution in [1.29, 1.82) is 0 Å². The molecule has 4 aromatic rings. The van der Waals surface area contributed by atoms with Gasteiger partial charge >= 0.3 is 6.03 Å². The molecule has 1 atom stereocenters. The van der Waals surface area contributed by atoms with E-state index in [0.717, 1.165) is 16.8 Å². The number of anilines is 1. The number of aromatic amines is 1. The molecule has 0 aliphatic carbocycles. The lowest BCUT2D eigenvalue weighted by molar-refractivity contribution is 0.252. The SMILES string of the molecule is Cc1ccc(NC(=O)NC[C@@H](c2ccccc2)c2c[nH]c3ccccc23)cc1C. The number of benzene rings is 3. The van der Waals surface area contributed by atoms with Crippen molar-refractivity contribution in [3.8, 4) is 0 Å². The molecule has 146 valence electrons. The minimum Gasteiger partial charge on any atom is -0.361 e. The van der Waals surface area contributed by atoms with Gasteiger partial charge in [-0.05, 0) is 54.3 Å². The van der Waals surface area contributed by atoms with E-state index in [-0.39, 0.29) is 11.9 Å². The summed E-state index contributed by atoms with van der Waals surface area (Å²) in [5.41, 5.74) is 6.61. The van der Waals surface area contributed by atoms with Crippen LogP contribution in [0.15, 0.2) is 79.0 Å². The lowest BCUT2D eigenvalue weighted by Gasteiger charge is -2.18. The first kappa shape index (κ1) is 18.8. The first-order valence-corrected chi connectivity index (χ1v) is 9.85. The van der Waals surface area contributed by atoms with Crippen LogP contribution in [0, 0.1) is 13.8 Å². The molecular formula is C25H25N3O. The molecule has 4 heteroatoms. The molecule has 0 spiro atoms. The van der Waals surface area contributed by atoms with Gasteiger partial charge in [-0.25, -0.2) is 4.79 Å². The predicted molar refractivity (Wildman–Crippen MR) is 120 cm³/mol. The quantitative estimate of drug-likeness (QED) is 0.404. The second-order valence-corrected chi connectivity index (χ2v) is 7.39. The zero-order chi connectivity index (χ0) is 20.2. The van der Waals surface area contributed by atoms with Crippen LogP contribution in [0.4, 0.5) is 10.5 Å². The van der Waals surface area contributed by atoms with Crippen molar-refractivity contribution in [3.63, 3.8) is 0 Å². The van der Waals surface area contributed by atoms with Crippen molar-refractivity contribution in [2.24, 2.45) is 0 Å². The molecule has 1 aromatic heterocycles. The highest BCUT2D eigenvalue weighted by atomic mass is 16.2. The summed E-state index contributed by atoms with van der Waals surface area (Å²) in [5.74, 6) is 0.0536. The number of carbonyl (C=O) groups is 1. The number of aryl methyl sites for hydroxylation is 2. The molecule has 0 saturated heterocycles. The Morgan fingerprint density at radius 1 is 0.931 bits per heavy atom. The van der Waals surface area contributed by atoms with Gasteiger partial charge in [-0.2, -0.15) is 0 Å². The third-order valence-electron chi connectivity index (χ3n) is 5.43. The molecular weight excluding hydrogens is 358 g/mol. The fraction of sp³-hybridized carbons (Fsp3) is 0.160. The zero-order valence-electron chi connectivity index (χ0n) is 16.7. The minimum atomic E-state index is -0.200. The average molecular weight is 383 g/mol. The van der Waals surface area contributed by atoms with Crippen molar-refractivity contribution in [3.05, 3.63) is 101 Å². The summed E-state index contributed by atoms with van der Waals surface area (Å²) in [4.78, 5) is 15.9. The lowest BCUT2D eigenvalue weighted by atomic mass is 9.91. The smallest absolute Gasteiger partial charge is 0.319 e. The molecule has 1 heterocycles. The Balaban J connectivity index is 1.55. The third kappa shape index (κ3) is 4.16. The van der Waals surface area contributed by atoms with E-state index in [0.29, 0.717) is 6.54 Å². The molecule has 3 N–H and O–H groups in total. The fourth-order valence-corrected chi connectivity index (χ4v) is 3.66. The number of para-hydroxylation sites is 1. The van der Waals surface area contributed by atoms with E-state index in [1.165, 1.54) is 22.1 Å². The Kier molecular flexibility index (Phi) is 5.34. The van der Waals surface area contributed by atoms with Gasteiger partial charge in [0.25, 0.3) is 0 Å². The van der Waals surface area contributed by atoms with Crippen LogP contribution in [0.5, 0.6) is 0 Å². The number of fused-ring (bicyclic) bond motifs is 1. The van der Waals surface area contributed by atoms with Crippen LogP contribution in [-0.4, -0.2) is 17.6 Å². The zero-order valence-corrected chi connectivity index (χ0v) is 16.7. The molecule has 0 aliphatic rings. The Bertz CT molecular complexity index is 1130. The number of nitrogens with one attached hydrogen (secondary N) is 3. The predicted octanol–water partition coefficient (Wildman–Crippen LogP) is 5.74. The van der Waals surface area contributed by atoms with Crippen LogP contribution in [0.3, 0.4) is 0 Å². The number of carbonyl (C=O) groups excluding carboxylic acids is 1. The summed E-state index contributed by atoms with van der Waals surface area (Å²) >= 11 is 0. The van der Waals surface area contributed by atoms with Crippen molar-refractivity contribution < 1.29 is 4.79 Å². The van der Waals surface area contributed by atoms with Crippen molar-refractivity contribution >= 4 is 22.6 Å². The van der Waals surface area contributed by atoms with Gasteiger partial charge in [0, 0.05) is 35.2 Å². The first-order chi connectivity index (χ1) is 14.1. The van der Waals surface area contributed by atoms with Crippen LogP contribution in [-0.2, 0) is 0 Å². The van der Waals surface area contributed by atoms with E-state index < -0.39 is 0 Å². The molecule has 0 fully saturated rings. The maximum absolute atomic E-state index is 12.5. The van der Waals surface area contributed by atoms with E-state index >= 15 is 0 Å². The number of hydrogen-bond donors (Lipinski definition) is 3. The molecule has 3 aromatic carbocycles. The number of hydrogen-bond acceptors (Lipinski definition) is 1. The maximum Gasteiger partial charge on any atom is 0.319 e. The molecule has 4 rings (SSSR count). The number of urea groups is 1. The van der Waals surface area contributed by atoms with E-state index in [4.69, 9.17) is 0 Å². The van der Waals surface area contributed by atoms with E-state index in [1.54, 1.807) is 0 Å². The molecule has 29 heavy (non-hydrogen) atoms. The van der Waals surface area contributed by atoms with Gasteiger partial charge in [0.15, 0.2) is 0 Å². The molecule has 0 radical (unpaired) electrons. The maximum atomic E-state index is 12.5. The Morgan fingerprint density at radius 2 is 1.69 bits per heavy atom. The minimum absolute atomic E-state index is 0.0536. The van der Waals surface area contributed by atoms with Gasteiger partial charge in [-0.15, -0.1) is 0 Å². The Labute approximate surface area is 171 Å². The van der Waals surface area contributed by atoms with Crippen LogP contribution < -0.4 is 10.6 Å². The summed E-state index contributed by atoms with van der Waals surface area (Å²) < 4.78 is 0. The van der Waals surface area contributed by atoms with Gasteiger partial charge in [0.1, 0.15) is 0 Å². The fourth-order valence-electron chi connectivity index (χ4n) is 3.66. The van der Waals surface area contributed by atoms with Crippen LogP contribution in [0.2, 0.25) is 0 Å². The normalized spacial score (nSPS) is 11.9. The molecule has 0 unspecified atom stereocenters. The van der Waals surface area contributed by atoms with Crippen LogP contribution >= 0.6 is 0 Å². The lowest BCUT2D eigenvalue weighted by Crippen LogP contribution is -2.32. The second kappa shape index (κ2) is 8.23. The van der Waals surface area contributed by atoms with Gasteiger partial charge in [-0.3, -0.25) is 0 Å². The number of H-pyrrole nitrogens is 1. The largest absolute Gasteiger partial charge is 0.361 e. The van der Waals surface area contributed by atoms with Gasteiger partial charge in [-0.1, -0.05) is 54.6 Å². The van der Waals surface area contributed by atoms with Crippen LogP contribution in [0.25, 0.3) is 10.9 Å². The molecule has 0 aliphatic heterocycles. The van der Waals surface area contributed by atoms with Crippen molar-refractivity contribution in [2.45, 2.75) is 19.8 Å². The molecule has 4 nitrogen and oxygen atoms in total. The first-order valence-electron chi connectivity index (χ1n) is 9.85. The Hall–Kier alpha value is -3.53. The summed E-state index contributed by atoms with van der Waals surface area (Å²) in [6, 6.07) is 24.3. The van der Waals surface area contributed by atoms with Gasteiger partial charge < -0.3 is 15.6 Å². The van der Waals surface area contributed by atoms with E-state index in [9.17, 15) is 4.79 Å². The monoisotopic (exact) mass is 383 g/mol. The molecule has 0 bridgehead atoms. The second-order valence-electron chi connectivity index (χ2n) is 7.39. The van der Waals surface area contributed by atoms with E-state index in [2.05, 4.69) is 46.8 Å². The third-order valence-corrected chi connectivity index (χ3v) is 5.43. The highest BCUT2D eigenvalue weighted by Crippen LogP contribution is 2.30. The standard InChI is InChI=1S/C25H25N3O/c1-17-12-13-20(14-18(17)2)28-25(29)27-15-22(19-8-4-3-5-9-19)23-16-26-24-11-7-6-10-21(23)24/h3-14,16,22,26H,15H2,1-2H3,(H2,27,28,29)/t22-/m0/s1. The van der Waals surface area contributed by atoms with E-state index in [1.807, 2.05) is 61.7 Å².